The molecule has 2 heterocycles. The van der Waals surface area contributed by atoms with Crippen LogP contribution in [0.1, 0.15) is 23.3 Å². The zero-order valence-corrected chi connectivity index (χ0v) is 15.2. The van der Waals surface area contributed by atoms with Crippen molar-refractivity contribution in [2.75, 3.05) is 39.0 Å². The summed E-state index contributed by atoms with van der Waals surface area (Å²) < 4.78 is 0. The molecule has 1 aliphatic heterocycles. The van der Waals surface area contributed by atoms with Crippen LogP contribution in [-0.4, -0.2) is 55.3 Å². The van der Waals surface area contributed by atoms with Crippen LogP contribution in [0.5, 0.6) is 0 Å². The minimum atomic E-state index is -0.0877. The molecule has 0 unspecified atom stereocenters. The summed E-state index contributed by atoms with van der Waals surface area (Å²) in [7, 11) is 3.92. The number of nitrogens with one attached hydrogen (secondary N) is 1. The van der Waals surface area contributed by atoms with E-state index >= 15 is 0 Å². The average molecular weight is 347 g/mol. The topological polar surface area (TPSA) is 52.7 Å². The monoisotopic (exact) mass is 347 g/mol. The van der Waals surface area contributed by atoms with E-state index in [1.807, 2.05) is 25.1 Å². The number of rotatable bonds is 5. The fraction of sp³-hybridized carbons (Fsp3) is 0.556. The first kappa shape index (κ1) is 17.2. The molecule has 2 aliphatic rings. The molecular formula is C18H25N3O2S. The molecule has 0 atom stereocenters. The molecule has 0 aromatic carbocycles. The van der Waals surface area contributed by atoms with E-state index in [1.165, 1.54) is 23.3 Å². The lowest BCUT2D eigenvalue weighted by atomic mass is 9.98. The maximum Gasteiger partial charge on any atom is 0.246 e. The summed E-state index contributed by atoms with van der Waals surface area (Å²) in [5.74, 6) is -0.0577. The van der Waals surface area contributed by atoms with Gasteiger partial charge in [-0.05, 0) is 51.4 Å². The SMILES string of the molecule is CN(C)C/C=C/C(=O)N1CC(C(=O)Nc2cc3c(s2)CCCC3)C1. The third-order valence-electron chi connectivity index (χ3n) is 4.54. The largest absolute Gasteiger partial charge is 0.337 e. The van der Waals surface area contributed by atoms with Crippen molar-refractivity contribution in [2.45, 2.75) is 25.7 Å². The highest BCUT2D eigenvalue weighted by Crippen LogP contribution is 2.33. The maximum atomic E-state index is 12.3. The van der Waals surface area contributed by atoms with Crippen LogP contribution in [0.3, 0.4) is 0 Å². The number of hydrogen-bond donors (Lipinski definition) is 1. The number of likely N-dealkylation sites (N-methyl/N-ethyl adjacent to an activating group) is 1. The van der Waals surface area contributed by atoms with Gasteiger partial charge in [0.15, 0.2) is 0 Å². The normalized spacial score (nSPS) is 17.9. The maximum absolute atomic E-state index is 12.3. The number of aryl methyl sites for hydroxylation is 2. The third-order valence-corrected chi connectivity index (χ3v) is 5.69. The van der Waals surface area contributed by atoms with Crippen molar-refractivity contribution >= 4 is 28.2 Å². The average Bonchev–Trinajstić information content (AvgIpc) is 2.87. The number of anilines is 1. The van der Waals surface area contributed by atoms with E-state index in [4.69, 9.17) is 0 Å². The summed E-state index contributed by atoms with van der Waals surface area (Å²) in [5, 5.41) is 4.00. The molecule has 0 radical (unpaired) electrons. The number of carbonyl (C=O) groups is 2. The minimum Gasteiger partial charge on any atom is -0.337 e. The zero-order chi connectivity index (χ0) is 17.1. The van der Waals surface area contributed by atoms with Gasteiger partial charge in [0.1, 0.15) is 0 Å². The van der Waals surface area contributed by atoms with Crippen LogP contribution in [0.2, 0.25) is 0 Å². The Morgan fingerprint density at radius 3 is 2.79 bits per heavy atom. The first-order chi connectivity index (χ1) is 11.5. The molecule has 2 amide bonds. The van der Waals surface area contributed by atoms with E-state index in [0.717, 1.165) is 24.4 Å². The molecular weight excluding hydrogens is 322 g/mol. The quantitative estimate of drug-likeness (QED) is 0.831. The molecule has 1 saturated heterocycles. The second-order valence-corrected chi connectivity index (χ2v) is 8.00. The van der Waals surface area contributed by atoms with Crippen LogP contribution in [-0.2, 0) is 22.4 Å². The number of thiophene rings is 1. The third kappa shape index (κ3) is 4.05. The molecule has 6 heteroatoms. The molecule has 1 aliphatic carbocycles. The van der Waals surface area contributed by atoms with Gasteiger partial charge in [0.05, 0.1) is 10.9 Å². The van der Waals surface area contributed by atoms with Crippen molar-refractivity contribution in [1.82, 2.24) is 9.80 Å². The Bertz CT molecular complexity index is 621. The molecule has 1 fully saturated rings. The minimum absolute atomic E-state index is 0.00696. The van der Waals surface area contributed by atoms with Crippen LogP contribution >= 0.6 is 11.3 Å². The molecule has 5 nitrogen and oxygen atoms in total. The lowest BCUT2D eigenvalue weighted by molar-refractivity contribution is -0.137. The number of carbonyl (C=O) groups excluding carboxylic acids is 2. The van der Waals surface area contributed by atoms with Crippen molar-refractivity contribution in [3.05, 3.63) is 28.7 Å². The smallest absolute Gasteiger partial charge is 0.246 e. The lowest BCUT2D eigenvalue weighted by Gasteiger charge is -2.37. The van der Waals surface area contributed by atoms with Gasteiger partial charge in [0.2, 0.25) is 11.8 Å². The van der Waals surface area contributed by atoms with Crippen LogP contribution in [0.15, 0.2) is 18.2 Å². The van der Waals surface area contributed by atoms with Gasteiger partial charge in [0, 0.05) is 30.6 Å². The second kappa shape index (κ2) is 7.49. The van der Waals surface area contributed by atoms with Crippen LogP contribution in [0, 0.1) is 5.92 Å². The van der Waals surface area contributed by atoms with Crippen molar-refractivity contribution in [1.29, 1.82) is 0 Å². The zero-order valence-electron chi connectivity index (χ0n) is 14.4. The van der Waals surface area contributed by atoms with Gasteiger partial charge in [-0.2, -0.15) is 0 Å². The molecule has 3 rings (SSSR count). The van der Waals surface area contributed by atoms with E-state index in [9.17, 15) is 9.59 Å². The molecule has 130 valence electrons. The predicted molar refractivity (Wildman–Crippen MR) is 97.4 cm³/mol. The van der Waals surface area contributed by atoms with E-state index in [-0.39, 0.29) is 17.7 Å². The Morgan fingerprint density at radius 1 is 1.33 bits per heavy atom. The Hall–Kier alpha value is -1.66. The van der Waals surface area contributed by atoms with Crippen LogP contribution in [0.4, 0.5) is 5.00 Å². The molecule has 24 heavy (non-hydrogen) atoms. The van der Waals surface area contributed by atoms with Crippen molar-refractivity contribution in [3.63, 3.8) is 0 Å². The van der Waals surface area contributed by atoms with Gasteiger partial charge in [-0.1, -0.05) is 6.08 Å². The van der Waals surface area contributed by atoms with Crippen molar-refractivity contribution in [3.8, 4) is 0 Å². The fourth-order valence-corrected chi connectivity index (χ4v) is 4.23. The van der Waals surface area contributed by atoms with Gasteiger partial charge in [0.25, 0.3) is 0 Å². The molecule has 0 spiro atoms. The predicted octanol–water partition coefficient (Wildman–Crippen LogP) is 2.14. The number of likely N-dealkylation sites (tertiary alicyclic amines) is 1. The van der Waals surface area contributed by atoms with Crippen LogP contribution in [0.25, 0.3) is 0 Å². The first-order valence-corrected chi connectivity index (χ1v) is 9.37. The Labute approximate surface area is 147 Å². The van der Waals surface area contributed by atoms with Gasteiger partial charge < -0.3 is 15.1 Å². The van der Waals surface area contributed by atoms with Crippen LogP contribution < -0.4 is 5.32 Å². The van der Waals surface area contributed by atoms with E-state index in [1.54, 1.807) is 22.3 Å². The van der Waals surface area contributed by atoms with Gasteiger partial charge in [-0.25, -0.2) is 0 Å². The molecule has 1 aromatic heterocycles. The summed E-state index contributed by atoms with van der Waals surface area (Å²) in [4.78, 5) is 29.4. The number of fused-ring (bicyclic) bond motifs is 1. The summed E-state index contributed by atoms with van der Waals surface area (Å²) in [6, 6.07) is 2.13. The van der Waals surface area contributed by atoms with Gasteiger partial charge in [-0.3, -0.25) is 9.59 Å². The van der Waals surface area contributed by atoms with Crippen molar-refractivity contribution in [2.24, 2.45) is 5.92 Å². The molecule has 0 bridgehead atoms. The van der Waals surface area contributed by atoms with Gasteiger partial charge >= 0.3 is 0 Å². The Morgan fingerprint density at radius 2 is 2.08 bits per heavy atom. The summed E-state index contributed by atoms with van der Waals surface area (Å²) >= 11 is 1.71. The standard InChI is InChI=1S/C18H25N3O2S/c1-20(2)9-5-8-17(22)21-11-14(12-21)18(23)19-16-10-13-6-3-4-7-15(13)24-16/h5,8,10,14H,3-4,6-7,9,11-12H2,1-2H3,(H,19,23)/b8-5+. The van der Waals surface area contributed by atoms with Gasteiger partial charge in [-0.15, -0.1) is 11.3 Å². The number of nitrogens with zero attached hydrogens (tertiary/aromatic N) is 2. The van der Waals surface area contributed by atoms with E-state index in [0.29, 0.717) is 13.1 Å². The van der Waals surface area contributed by atoms with Crippen molar-refractivity contribution < 1.29 is 9.59 Å². The molecule has 0 saturated carbocycles. The summed E-state index contributed by atoms with van der Waals surface area (Å²) in [5.41, 5.74) is 1.40. The van der Waals surface area contributed by atoms with E-state index < -0.39 is 0 Å². The highest BCUT2D eigenvalue weighted by Gasteiger charge is 2.35. The summed E-state index contributed by atoms with van der Waals surface area (Å²) in [6.07, 6.45) is 8.22. The molecule has 1 N–H and O–H groups in total. The highest BCUT2D eigenvalue weighted by molar-refractivity contribution is 7.16. The molecule has 1 aromatic rings. The number of amides is 2. The Kier molecular flexibility index (Phi) is 5.36. The highest BCUT2D eigenvalue weighted by atomic mass is 32.1. The second-order valence-electron chi connectivity index (χ2n) is 6.86. The Balaban J connectivity index is 1.45. The summed E-state index contributed by atoms with van der Waals surface area (Å²) in [6.45, 7) is 1.77. The fourth-order valence-electron chi connectivity index (χ4n) is 3.07. The first-order valence-electron chi connectivity index (χ1n) is 8.55. The lowest BCUT2D eigenvalue weighted by Crippen LogP contribution is -2.53. The number of hydrogen-bond acceptors (Lipinski definition) is 4. The van der Waals surface area contributed by atoms with E-state index in [2.05, 4.69) is 11.4 Å².